The Labute approximate surface area is 100 Å². The lowest BCUT2D eigenvalue weighted by atomic mass is 9.85. The SMILES string of the molecule is CN=C/C(C)=C\C(C)C1CN(CC(C)C)C1. The molecule has 0 saturated carbocycles. The van der Waals surface area contributed by atoms with Gasteiger partial charge in [0.05, 0.1) is 0 Å². The minimum Gasteiger partial charge on any atom is -0.302 e. The molecule has 1 aliphatic heterocycles. The fourth-order valence-corrected chi connectivity index (χ4v) is 2.41. The van der Waals surface area contributed by atoms with E-state index in [-0.39, 0.29) is 0 Å². The predicted molar refractivity (Wildman–Crippen MR) is 72.1 cm³/mol. The Morgan fingerprint density at radius 1 is 1.38 bits per heavy atom. The van der Waals surface area contributed by atoms with Crippen LogP contribution >= 0.6 is 0 Å². The second-order valence-electron chi connectivity index (χ2n) is 5.53. The smallest absolute Gasteiger partial charge is 0.0277 e. The Morgan fingerprint density at radius 2 is 2.00 bits per heavy atom. The molecule has 1 heterocycles. The molecule has 0 bridgehead atoms. The molecule has 0 aromatic carbocycles. The van der Waals surface area contributed by atoms with E-state index >= 15 is 0 Å². The molecule has 2 heteroatoms. The highest BCUT2D eigenvalue weighted by Crippen LogP contribution is 2.25. The van der Waals surface area contributed by atoms with Crippen LogP contribution in [0.5, 0.6) is 0 Å². The standard InChI is InChI=1S/C14H26N2/c1-11(2)8-16-9-14(10-16)13(4)6-12(3)7-15-5/h6-7,11,13-14H,8-10H2,1-5H3/b12-6-,15-7?. The Bertz CT molecular complexity index is 260. The van der Waals surface area contributed by atoms with Gasteiger partial charge in [-0.25, -0.2) is 0 Å². The molecule has 2 nitrogen and oxygen atoms in total. The molecule has 1 saturated heterocycles. The van der Waals surface area contributed by atoms with E-state index in [0.29, 0.717) is 5.92 Å². The van der Waals surface area contributed by atoms with Crippen LogP contribution in [0.25, 0.3) is 0 Å². The fraction of sp³-hybridized carbons (Fsp3) is 0.786. The summed E-state index contributed by atoms with van der Waals surface area (Å²) in [6.45, 7) is 12.8. The maximum Gasteiger partial charge on any atom is 0.0277 e. The van der Waals surface area contributed by atoms with Crippen LogP contribution in [0.1, 0.15) is 27.7 Å². The number of rotatable bonds is 5. The predicted octanol–water partition coefficient (Wildman–Crippen LogP) is 2.86. The quantitative estimate of drug-likeness (QED) is 0.653. The van der Waals surface area contributed by atoms with Crippen LogP contribution in [-0.4, -0.2) is 37.8 Å². The normalized spacial score (nSPS) is 21.8. The summed E-state index contributed by atoms with van der Waals surface area (Å²) in [5.74, 6) is 2.32. The molecule has 1 atom stereocenters. The molecule has 16 heavy (non-hydrogen) atoms. The van der Waals surface area contributed by atoms with Crippen molar-refractivity contribution in [2.24, 2.45) is 22.7 Å². The van der Waals surface area contributed by atoms with Crippen LogP contribution < -0.4 is 0 Å². The fourth-order valence-electron chi connectivity index (χ4n) is 2.41. The third-order valence-corrected chi connectivity index (χ3v) is 3.21. The van der Waals surface area contributed by atoms with E-state index in [0.717, 1.165) is 11.8 Å². The summed E-state index contributed by atoms with van der Waals surface area (Å²) < 4.78 is 0. The molecule has 0 radical (unpaired) electrons. The van der Waals surface area contributed by atoms with Crippen LogP contribution in [0.15, 0.2) is 16.6 Å². The Kier molecular flexibility index (Phi) is 5.20. The van der Waals surface area contributed by atoms with E-state index in [1.165, 1.54) is 25.2 Å². The molecule has 0 amide bonds. The Balaban J connectivity index is 2.31. The minimum absolute atomic E-state index is 0.682. The number of aliphatic imine (C=N–C) groups is 1. The van der Waals surface area contributed by atoms with E-state index in [2.05, 4.69) is 43.7 Å². The van der Waals surface area contributed by atoms with E-state index in [1.807, 2.05) is 13.3 Å². The van der Waals surface area contributed by atoms with Crippen molar-refractivity contribution in [1.29, 1.82) is 0 Å². The first-order chi connectivity index (χ1) is 7.52. The van der Waals surface area contributed by atoms with Crippen molar-refractivity contribution in [2.75, 3.05) is 26.7 Å². The van der Waals surface area contributed by atoms with E-state index in [1.54, 1.807) is 0 Å². The summed E-state index contributed by atoms with van der Waals surface area (Å²) in [4.78, 5) is 6.60. The number of hydrogen-bond acceptors (Lipinski definition) is 2. The molecule has 92 valence electrons. The van der Waals surface area contributed by atoms with Gasteiger partial charge < -0.3 is 4.90 Å². The van der Waals surface area contributed by atoms with Gasteiger partial charge in [0.15, 0.2) is 0 Å². The first-order valence-corrected chi connectivity index (χ1v) is 6.35. The van der Waals surface area contributed by atoms with Gasteiger partial charge in [0.25, 0.3) is 0 Å². The average molecular weight is 222 g/mol. The van der Waals surface area contributed by atoms with Gasteiger partial charge in [0, 0.05) is 32.9 Å². The topological polar surface area (TPSA) is 15.6 Å². The van der Waals surface area contributed by atoms with E-state index < -0.39 is 0 Å². The van der Waals surface area contributed by atoms with Gasteiger partial charge in [0.1, 0.15) is 0 Å². The molecule has 1 rings (SSSR count). The van der Waals surface area contributed by atoms with Crippen molar-refractivity contribution in [3.05, 3.63) is 11.6 Å². The first kappa shape index (κ1) is 13.4. The van der Waals surface area contributed by atoms with Gasteiger partial charge >= 0.3 is 0 Å². The van der Waals surface area contributed by atoms with Crippen LogP contribution in [0, 0.1) is 17.8 Å². The van der Waals surface area contributed by atoms with Gasteiger partial charge in [-0.1, -0.05) is 26.8 Å². The van der Waals surface area contributed by atoms with Crippen LogP contribution in [0.3, 0.4) is 0 Å². The molecule has 0 spiro atoms. The largest absolute Gasteiger partial charge is 0.302 e. The highest BCUT2D eigenvalue weighted by molar-refractivity contribution is 5.77. The Morgan fingerprint density at radius 3 is 2.50 bits per heavy atom. The van der Waals surface area contributed by atoms with Crippen molar-refractivity contribution >= 4 is 6.21 Å². The lowest BCUT2D eigenvalue weighted by Crippen LogP contribution is -2.50. The highest BCUT2D eigenvalue weighted by Gasteiger charge is 2.29. The molecular formula is C14H26N2. The van der Waals surface area contributed by atoms with Crippen molar-refractivity contribution in [2.45, 2.75) is 27.7 Å². The summed E-state index contributed by atoms with van der Waals surface area (Å²) in [7, 11) is 1.83. The van der Waals surface area contributed by atoms with Crippen molar-refractivity contribution < 1.29 is 0 Å². The lowest BCUT2D eigenvalue weighted by Gasteiger charge is -2.42. The monoisotopic (exact) mass is 222 g/mol. The average Bonchev–Trinajstić information content (AvgIpc) is 2.10. The van der Waals surface area contributed by atoms with Gasteiger partial charge in [-0.3, -0.25) is 4.99 Å². The van der Waals surface area contributed by atoms with Gasteiger partial charge in [-0.15, -0.1) is 0 Å². The van der Waals surface area contributed by atoms with Crippen LogP contribution in [0.2, 0.25) is 0 Å². The maximum absolute atomic E-state index is 4.04. The number of hydrogen-bond donors (Lipinski definition) is 0. The third-order valence-electron chi connectivity index (χ3n) is 3.21. The molecule has 0 N–H and O–H groups in total. The van der Waals surface area contributed by atoms with Gasteiger partial charge in [-0.05, 0) is 30.3 Å². The summed E-state index contributed by atoms with van der Waals surface area (Å²) >= 11 is 0. The zero-order chi connectivity index (χ0) is 12.1. The second kappa shape index (κ2) is 6.19. The Hall–Kier alpha value is -0.630. The molecule has 0 aromatic rings. The molecule has 1 fully saturated rings. The minimum atomic E-state index is 0.682. The zero-order valence-corrected chi connectivity index (χ0v) is 11.4. The number of likely N-dealkylation sites (tertiary alicyclic amines) is 1. The summed E-state index contributed by atoms with van der Waals surface area (Å²) in [5.41, 5.74) is 1.29. The second-order valence-corrected chi connectivity index (χ2v) is 5.53. The number of allylic oxidation sites excluding steroid dienone is 2. The van der Waals surface area contributed by atoms with Crippen molar-refractivity contribution in [1.82, 2.24) is 4.90 Å². The third kappa shape index (κ3) is 4.09. The lowest BCUT2D eigenvalue weighted by molar-refractivity contribution is 0.0652. The van der Waals surface area contributed by atoms with Gasteiger partial charge in [0.2, 0.25) is 0 Å². The highest BCUT2D eigenvalue weighted by atomic mass is 15.2. The molecule has 0 aliphatic carbocycles. The number of nitrogens with zero attached hydrogens (tertiary/aromatic N) is 2. The van der Waals surface area contributed by atoms with Crippen molar-refractivity contribution in [3.8, 4) is 0 Å². The maximum atomic E-state index is 4.04. The zero-order valence-electron chi connectivity index (χ0n) is 11.4. The van der Waals surface area contributed by atoms with Crippen LogP contribution in [-0.2, 0) is 0 Å². The van der Waals surface area contributed by atoms with E-state index in [4.69, 9.17) is 0 Å². The summed E-state index contributed by atoms with van der Waals surface area (Å²) in [6.07, 6.45) is 4.30. The first-order valence-electron chi connectivity index (χ1n) is 6.35. The molecule has 1 unspecified atom stereocenters. The summed E-state index contributed by atoms with van der Waals surface area (Å²) in [6, 6.07) is 0. The van der Waals surface area contributed by atoms with Crippen LogP contribution in [0.4, 0.5) is 0 Å². The molecule has 1 aliphatic rings. The molecule has 0 aromatic heterocycles. The summed E-state index contributed by atoms with van der Waals surface area (Å²) in [5, 5.41) is 0. The van der Waals surface area contributed by atoms with Crippen molar-refractivity contribution in [3.63, 3.8) is 0 Å². The van der Waals surface area contributed by atoms with E-state index in [9.17, 15) is 0 Å². The molecular weight excluding hydrogens is 196 g/mol. The van der Waals surface area contributed by atoms with Gasteiger partial charge in [-0.2, -0.15) is 0 Å².